The van der Waals surface area contributed by atoms with E-state index in [4.69, 9.17) is 4.74 Å². The monoisotopic (exact) mass is 324 g/mol. The van der Waals surface area contributed by atoms with E-state index < -0.39 is 0 Å². The molecule has 0 heterocycles. The molecular formula is C19H20N2O3. The van der Waals surface area contributed by atoms with E-state index in [-0.39, 0.29) is 11.8 Å². The van der Waals surface area contributed by atoms with Crippen molar-refractivity contribution in [1.29, 1.82) is 0 Å². The molecular weight excluding hydrogens is 304 g/mol. The second kappa shape index (κ2) is 7.97. The summed E-state index contributed by atoms with van der Waals surface area (Å²) in [5.41, 5.74) is 3.12. The number of carbonyl (C=O) groups excluding carboxylic acids is 2. The van der Waals surface area contributed by atoms with E-state index in [1.54, 1.807) is 25.3 Å². The van der Waals surface area contributed by atoms with E-state index in [0.29, 0.717) is 11.4 Å². The van der Waals surface area contributed by atoms with Crippen LogP contribution in [-0.4, -0.2) is 18.9 Å². The van der Waals surface area contributed by atoms with E-state index in [1.807, 2.05) is 37.3 Å². The van der Waals surface area contributed by atoms with Gasteiger partial charge in [-0.1, -0.05) is 18.2 Å². The summed E-state index contributed by atoms with van der Waals surface area (Å²) >= 11 is 0. The third kappa shape index (κ3) is 4.98. The Balaban J connectivity index is 2.03. The van der Waals surface area contributed by atoms with Crippen molar-refractivity contribution < 1.29 is 14.3 Å². The number of hydrogen-bond donors (Lipinski definition) is 2. The van der Waals surface area contributed by atoms with Crippen LogP contribution in [0.3, 0.4) is 0 Å². The zero-order valence-electron chi connectivity index (χ0n) is 13.9. The first-order valence-corrected chi connectivity index (χ1v) is 7.49. The number of nitrogens with one attached hydrogen (secondary N) is 2. The molecule has 2 N–H and O–H groups in total. The molecule has 5 heteroatoms. The Bertz CT molecular complexity index is 765. The average Bonchev–Trinajstić information content (AvgIpc) is 2.56. The van der Waals surface area contributed by atoms with Gasteiger partial charge in [-0.25, -0.2) is 0 Å². The molecule has 2 aromatic carbocycles. The lowest BCUT2D eigenvalue weighted by Crippen LogP contribution is -2.10. The van der Waals surface area contributed by atoms with Crippen LogP contribution in [0, 0.1) is 6.92 Å². The van der Waals surface area contributed by atoms with Crippen LogP contribution in [0.15, 0.2) is 48.5 Å². The summed E-state index contributed by atoms with van der Waals surface area (Å²) in [5.74, 6) is 0.367. The number of amides is 2. The number of carbonyl (C=O) groups is 2. The van der Waals surface area contributed by atoms with Gasteiger partial charge in [0.2, 0.25) is 11.8 Å². The number of benzene rings is 2. The second-order valence-corrected chi connectivity index (χ2v) is 5.31. The Morgan fingerprint density at radius 3 is 2.38 bits per heavy atom. The first kappa shape index (κ1) is 17.3. The summed E-state index contributed by atoms with van der Waals surface area (Å²) in [6, 6.07) is 12.8. The fraction of sp³-hybridized carbons (Fsp3) is 0.158. The Hall–Kier alpha value is -3.08. The number of aryl methyl sites for hydroxylation is 1. The lowest BCUT2D eigenvalue weighted by Gasteiger charge is -2.09. The van der Waals surface area contributed by atoms with E-state index in [2.05, 4.69) is 10.6 Å². The van der Waals surface area contributed by atoms with Crippen LogP contribution in [0.25, 0.3) is 6.08 Å². The summed E-state index contributed by atoms with van der Waals surface area (Å²) in [6.45, 7) is 3.34. The molecule has 0 aliphatic rings. The van der Waals surface area contributed by atoms with Gasteiger partial charge in [-0.05, 0) is 48.4 Å². The maximum atomic E-state index is 12.0. The molecule has 2 aromatic rings. The third-order valence-electron chi connectivity index (χ3n) is 3.36. The predicted molar refractivity (Wildman–Crippen MR) is 96.1 cm³/mol. The van der Waals surface area contributed by atoms with Crippen molar-refractivity contribution in [3.05, 3.63) is 59.7 Å². The van der Waals surface area contributed by atoms with Crippen molar-refractivity contribution >= 4 is 29.3 Å². The molecule has 0 saturated carbocycles. The van der Waals surface area contributed by atoms with Gasteiger partial charge in [0.1, 0.15) is 5.75 Å². The van der Waals surface area contributed by atoms with Crippen molar-refractivity contribution in [2.45, 2.75) is 13.8 Å². The van der Waals surface area contributed by atoms with Crippen LogP contribution >= 0.6 is 0 Å². The fourth-order valence-electron chi connectivity index (χ4n) is 2.09. The normalized spacial score (nSPS) is 10.5. The third-order valence-corrected chi connectivity index (χ3v) is 3.36. The topological polar surface area (TPSA) is 67.4 Å². The van der Waals surface area contributed by atoms with E-state index >= 15 is 0 Å². The lowest BCUT2D eigenvalue weighted by atomic mass is 10.1. The highest BCUT2D eigenvalue weighted by molar-refractivity contribution is 6.02. The Kier molecular flexibility index (Phi) is 5.73. The van der Waals surface area contributed by atoms with Crippen LogP contribution in [0.5, 0.6) is 5.75 Å². The quantitative estimate of drug-likeness (QED) is 0.826. The average molecular weight is 324 g/mol. The number of ether oxygens (including phenoxy) is 1. The first-order valence-electron chi connectivity index (χ1n) is 7.49. The summed E-state index contributed by atoms with van der Waals surface area (Å²) in [6.07, 6.45) is 3.18. The molecule has 0 aromatic heterocycles. The van der Waals surface area contributed by atoms with Gasteiger partial charge in [0.05, 0.1) is 7.11 Å². The molecule has 5 nitrogen and oxygen atoms in total. The summed E-state index contributed by atoms with van der Waals surface area (Å²) < 4.78 is 5.09. The molecule has 0 atom stereocenters. The number of hydrogen-bond acceptors (Lipinski definition) is 3. The molecule has 2 rings (SSSR count). The molecule has 0 fully saturated rings. The molecule has 0 spiro atoms. The Morgan fingerprint density at radius 1 is 1.04 bits per heavy atom. The zero-order valence-corrected chi connectivity index (χ0v) is 13.9. The number of methoxy groups -OCH3 is 1. The standard InChI is InChI=1S/C19H20N2O3/c1-13-4-8-16(12-18(13)20-14(2)22)21-19(23)11-7-15-5-9-17(24-3)10-6-15/h4-12H,1-3H3,(H,20,22)(H,21,23)/b11-7+. The summed E-state index contributed by atoms with van der Waals surface area (Å²) in [4.78, 5) is 23.2. The highest BCUT2D eigenvalue weighted by Crippen LogP contribution is 2.20. The van der Waals surface area contributed by atoms with Gasteiger partial charge in [-0.15, -0.1) is 0 Å². The molecule has 0 aliphatic heterocycles. The first-order chi connectivity index (χ1) is 11.5. The molecule has 0 aliphatic carbocycles. The zero-order chi connectivity index (χ0) is 17.5. The van der Waals surface area contributed by atoms with E-state index in [9.17, 15) is 9.59 Å². The molecule has 24 heavy (non-hydrogen) atoms. The molecule has 124 valence electrons. The van der Waals surface area contributed by atoms with Crippen LogP contribution in [0.1, 0.15) is 18.1 Å². The predicted octanol–water partition coefficient (Wildman–Crippen LogP) is 3.61. The van der Waals surface area contributed by atoms with Crippen molar-refractivity contribution in [2.24, 2.45) is 0 Å². The summed E-state index contributed by atoms with van der Waals surface area (Å²) in [7, 11) is 1.61. The highest BCUT2D eigenvalue weighted by atomic mass is 16.5. The minimum Gasteiger partial charge on any atom is -0.497 e. The minimum atomic E-state index is -0.247. The minimum absolute atomic E-state index is 0.152. The van der Waals surface area contributed by atoms with Gasteiger partial charge >= 0.3 is 0 Å². The van der Waals surface area contributed by atoms with Crippen molar-refractivity contribution in [3.63, 3.8) is 0 Å². The van der Waals surface area contributed by atoms with Gasteiger partial charge in [0, 0.05) is 24.4 Å². The van der Waals surface area contributed by atoms with Crippen molar-refractivity contribution in [3.8, 4) is 5.75 Å². The smallest absolute Gasteiger partial charge is 0.248 e. The largest absolute Gasteiger partial charge is 0.497 e. The van der Waals surface area contributed by atoms with Crippen LogP contribution in [0.2, 0.25) is 0 Å². The molecule has 2 amide bonds. The maximum Gasteiger partial charge on any atom is 0.248 e. The molecule has 0 bridgehead atoms. The Labute approximate surface area is 141 Å². The molecule has 0 unspecified atom stereocenters. The van der Waals surface area contributed by atoms with E-state index in [1.165, 1.54) is 13.0 Å². The maximum absolute atomic E-state index is 12.0. The molecule has 0 saturated heterocycles. The SMILES string of the molecule is COc1ccc(/C=C/C(=O)Nc2ccc(C)c(NC(C)=O)c2)cc1. The molecule has 0 radical (unpaired) electrons. The Morgan fingerprint density at radius 2 is 1.75 bits per heavy atom. The van der Waals surface area contributed by atoms with Crippen LogP contribution in [-0.2, 0) is 9.59 Å². The number of rotatable bonds is 5. The van der Waals surface area contributed by atoms with Gasteiger partial charge in [-0.2, -0.15) is 0 Å². The van der Waals surface area contributed by atoms with Crippen LogP contribution in [0.4, 0.5) is 11.4 Å². The highest BCUT2D eigenvalue weighted by Gasteiger charge is 2.04. The van der Waals surface area contributed by atoms with Gasteiger partial charge in [-0.3, -0.25) is 9.59 Å². The van der Waals surface area contributed by atoms with E-state index in [0.717, 1.165) is 16.9 Å². The lowest BCUT2D eigenvalue weighted by molar-refractivity contribution is -0.114. The fourth-order valence-corrected chi connectivity index (χ4v) is 2.09. The summed E-state index contributed by atoms with van der Waals surface area (Å²) in [5, 5.41) is 5.51. The van der Waals surface area contributed by atoms with Gasteiger partial charge in [0.25, 0.3) is 0 Å². The second-order valence-electron chi connectivity index (χ2n) is 5.31. The van der Waals surface area contributed by atoms with Crippen molar-refractivity contribution in [1.82, 2.24) is 0 Å². The van der Waals surface area contributed by atoms with Gasteiger partial charge in [0.15, 0.2) is 0 Å². The van der Waals surface area contributed by atoms with Gasteiger partial charge < -0.3 is 15.4 Å². The number of anilines is 2. The van der Waals surface area contributed by atoms with Crippen LogP contribution < -0.4 is 15.4 Å². The van der Waals surface area contributed by atoms with Crippen molar-refractivity contribution in [2.75, 3.05) is 17.7 Å².